The van der Waals surface area contributed by atoms with Crippen molar-refractivity contribution in [2.75, 3.05) is 0 Å². The van der Waals surface area contributed by atoms with Crippen molar-refractivity contribution in [1.82, 2.24) is 0 Å². The van der Waals surface area contributed by atoms with Gasteiger partial charge >= 0.3 is 46.9 Å². The molecule has 0 amide bonds. The highest BCUT2D eigenvalue weighted by Gasteiger charge is 2.51. The Morgan fingerprint density at radius 2 is 0.762 bits per heavy atom. The molecule has 0 bridgehead atoms. The Morgan fingerprint density at radius 3 is 0.857 bits per heavy atom. The van der Waals surface area contributed by atoms with Crippen LogP contribution in [0.5, 0.6) is 0 Å². The molecule has 11 heteroatoms. The summed E-state index contributed by atoms with van der Waals surface area (Å²) in [5.41, 5.74) is 6.88. The monoisotopic (exact) mass is 318 g/mol. The topological polar surface area (TPSA) is 201 Å². The van der Waals surface area contributed by atoms with Gasteiger partial charge < -0.3 is 31.9 Å². The molecule has 0 aliphatic carbocycles. The SMILES string of the molecule is NC(CC(=O)O)(CC(=O)O)C(N)(CC(=O)O)CC(=O)O.[MgH2]. The largest absolute Gasteiger partial charge is 0.481 e. The van der Waals surface area contributed by atoms with E-state index in [1.165, 1.54) is 0 Å². The average molecular weight is 319 g/mol. The van der Waals surface area contributed by atoms with Crippen LogP contribution in [0.4, 0.5) is 0 Å². The summed E-state index contributed by atoms with van der Waals surface area (Å²) in [5.74, 6) is -6.06. The van der Waals surface area contributed by atoms with Crippen LogP contribution in [0.3, 0.4) is 0 Å². The van der Waals surface area contributed by atoms with Gasteiger partial charge in [0.2, 0.25) is 0 Å². The van der Waals surface area contributed by atoms with E-state index >= 15 is 0 Å². The minimum atomic E-state index is -2.22. The number of hydrogen-bond donors (Lipinski definition) is 6. The molecule has 0 unspecified atom stereocenters. The van der Waals surface area contributed by atoms with Crippen molar-refractivity contribution < 1.29 is 39.6 Å². The van der Waals surface area contributed by atoms with E-state index in [1.807, 2.05) is 0 Å². The van der Waals surface area contributed by atoms with Gasteiger partial charge in [0.15, 0.2) is 0 Å². The van der Waals surface area contributed by atoms with Crippen molar-refractivity contribution in [2.24, 2.45) is 11.5 Å². The van der Waals surface area contributed by atoms with Crippen LogP contribution in [0.25, 0.3) is 0 Å². The molecule has 0 spiro atoms. The molecule has 0 aliphatic rings. The van der Waals surface area contributed by atoms with Gasteiger partial charge in [0, 0.05) is 0 Å². The first-order valence-electron chi connectivity index (χ1n) is 5.37. The van der Waals surface area contributed by atoms with Gasteiger partial charge in [-0.15, -0.1) is 0 Å². The predicted molar refractivity (Wildman–Crippen MR) is 71.4 cm³/mol. The number of hydrogen-bond acceptors (Lipinski definition) is 6. The Balaban J connectivity index is 0. The van der Waals surface area contributed by atoms with Gasteiger partial charge in [-0.1, -0.05) is 0 Å². The van der Waals surface area contributed by atoms with Crippen LogP contribution in [-0.4, -0.2) is 78.4 Å². The fraction of sp³-hybridized carbons (Fsp3) is 0.600. The van der Waals surface area contributed by atoms with E-state index in [0.717, 1.165) is 0 Å². The average Bonchev–Trinajstić information content (AvgIpc) is 2.10. The van der Waals surface area contributed by atoms with Crippen molar-refractivity contribution in [3.05, 3.63) is 0 Å². The molecule has 0 radical (unpaired) electrons. The van der Waals surface area contributed by atoms with Gasteiger partial charge in [-0.3, -0.25) is 19.2 Å². The quantitative estimate of drug-likeness (QED) is 0.244. The van der Waals surface area contributed by atoms with E-state index in [9.17, 15) is 19.2 Å². The molecule has 118 valence electrons. The van der Waals surface area contributed by atoms with Crippen LogP contribution in [0.1, 0.15) is 25.7 Å². The molecule has 21 heavy (non-hydrogen) atoms. The zero-order valence-electron chi connectivity index (χ0n) is 10.4. The van der Waals surface area contributed by atoms with Crippen LogP contribution >= 0.6 is 0 Å². The van der Waals surface area contributed by atoms with Crippen LogP contribution in [0.2, 0.25) is 0 Å². The molecule has 0 atom stereocenters. The smallest absolute Gasteiger partial charge is 0.316 e. The lowest BCUT2D eigenvalue weighted by molar-refractivity contribution is -0.150. The van der Waals surface area contributed by atoms with Crippen molar-refractivity contribution in [3.63, 3.8) is 0 Å². The van der Waals surface area contributed by atoms with E-state index in [1.54, 1.807) is 0 Å². The van der Waals surface area contributed by atoms with E-state index in [-0.39, 0.29) is 23.1 Å². The Hall–Kier alpha value is -1.43. The number of nitrogens with two attached hydrogens (primary N) is 2. The predicted octanol–water partition coefficient (Wildman–Crippen LogP) is -2.64. The second kappa shape index (κ2) is 8.12. The molecule has 0 aliphatic heterocycles. The highest BCUT2D eigenvalue weighted by molar-refractivity contribution is 5.78. The lowest BCUT2D eigenvalue weighted by atomic mass is 9.69. The maximum atomic E-state index is 10.8. The second-order valence-corrected chi connectivity index (χ2v) is 4.59. The summed E-state index contributed by atoms with van der Waals surface area (Å²) in [4.78, 5) is 43.2. The molecule has 0 saturated carbocycles. The summed E-state index contributed by atoms with van der Waals surface area (Å²) in [5, 5.41) is 35.1. The second-order valence-electron chi connectivity index (χ2n) is 4.59. The number of aliphatic carboxylic acids is 4. The lowest BCUT2D eigenvalue weighted by Crippen LogP contribution is -2.68. The van der Waals surface area contributed by atoms with Crippen molar-refractivity contribution in [1.29, 1.82) is 0 Å². The van der Waals surface area contributed by atoms with E-state index in [0.29, 0.717) is 0 Å². The van der Waals surface area contributed by atoms with Crippen LogP contribution < -0.4 is 11.5 Å². The summed E-state index contributed by atoms with van der Waals surface area (Å²) in [7, 11) is 0. The highest BCUT2D eigenvalue weighted by Crippen LogP contribution is 2.31. The molecule has 0 fully saturated rings. The number of carboxylic acids is 4. The van der Waals surface area contributed by atoms with Gasteiger partial charge in [0.05, 0.1) is 36.8 Å². The molecular formula is C10H18MgN2O8. The fourth-order valence-electron chi connectivity index (χ4n) is 1.91. The van der Waals surface area contributed by atoms with Gasteiger partial charge in [0.1, 0.15) is 0 Å². The summed E-state index contributed by atoms with van der Waals surface area (Å²) >= 11 is 0. The Bertz CT molecular complexity index is 367. The lowest BCUT2D eigenvalue weighted by Gasteiger charge is -2.42. The maximum absolute atomic E-state index is 10.8. The molecule has 8 N–H and O–H groups in total. The molecule has 0 aromatic rings. The zero-order valence-corrected chi connectivity index (χ0v) is 10.4. The molecular weight excluding hydrogens is 300 g/mol. The fourth-order valence-corrected chi connectivity index (χ4v) is 1.91. The van der Waals surface area contributed by atoms with Gasteiger partial charge in [-0.25, -0.2) is 0 Å². The summed E-state index contributed by atoms with van der Waals surface area (Å²) in [6.45, 7) is 0. The third kappa shape index (κ3) is 6.71. The summed E-state index contributed by atoms with van der Waals surface area (Å²) < 4.78 is 0. The third-order valence-electron chi connectivity index (χ3n) is 2.86. The molecule has 0 saturated heterocycles. The summed E-state index contributed by atoms with van der Waals surface area (Å²) in [6.07, 6.45) is -3.90. The van der Waals surface area contributed by atoms with E-state index in [2.05, 4.69) is 0 Å². The van der Waals surface area contributed by atoms with Crippen molar-refractivity contribution in [3.8, 4) is 0 Å². The van der Waals surface area contributed by atoms with Gasteiger partial charge in [-0.2, -0.15) is 0 Å². The van der Waals surface area contributed by atoms with E-state index < -0.39 is 60.6 Å². The minimum Gasteiger partial charge on any atom is -0.481 e. The van der Waals surface area contributed by atoms with Crippen LogP contribution in [-0.2, 0) is 19.2 Å². The number of rotatable bonds is 9. The molecule has 0 rings (SSSR count). The van der Waals surface area contributed by atoms with E-state index in [4.69, 9.17) is 31.9 Å². The number of carbonyl (C=O) groups is 4. The first-order valence-corrected chi connectivity index (χ1v) is 5.37. The third-order valence-corrected chi connectivity index (χ3v) is 2.86. The minimum absolute atomic E-state index is 0. The van der Waals surface area contributed by atoms with Gasteiger partial charge in [-0.05, 0) is 0 Å². The highest BCUT2D eigenvalue weighted by atomic mass is 24.3. The Kier molecular flexibility index (Phi) is 8.45. The Morgan fingerprint density at radius 1 is 0.619 bits per heavy atom. The number of carboxylic acid groups (broad SMARTS) is 4. The maximum Gasteiger partial charge on any atom is 0.316 e. The standard InChI is InChI=1S/C10H16N2O8.Mg.2H/c11-9(1-5(13)14,2-6(15)16)10(12,3-7(17)18)4-8(19)20;;;/h1-4,11-12H2,(H,13,14)(H,15,16)(H,17,18)(H,19,20);;;. The normalized spacial score (nSPS) is 11.3. The van der Waals surface area contributed by atoms with Gasteiger partial charge in [0.25, 0.3) is 0 Å². The van der Waals surface area contributed by atoms with Crippen LogP contribution in [0.15, 0.2) is 0 Å². The molecule has 0 aromatic heterocycles. The van der Waals surface area contributed by atoms with Crippen molar-refractivity contribution >= 4 is 46.9 Å². The van der Waals surface area contributed by atoms with Crippen LogP contribution in [0, 0.1) is 0 Å². The molecule has 10 nitrogen and oxygen atoms in total. The first kappa shape index (κ1) is 21.9. The Labute approximate surface area is 135 Å². The van der Waals surface area contributed by atoms with Crippen molar-refractivity contribution in [2.45, 2.75) is 36.8 Å². The summed E-state index contributed by atoms with van der Waals surface area (Å²) in [6, 6.07) is 0. The first-order chi connectivity index (χ1) is 8.92. The zero-order chi connectivity index (χ0) is 16.1. The molecule has 0 heterocycles. The molecule has 0 aromatic carbocycles.